The molecule has 0 aromatic heterocycles. The van der Waals surface area contributed by atoms with E-state index in [-0.39, 0.29) is 17.0 Å². The van der Waals surface area contributed by atoms with Crippen LogP contribution in [0.5, 0.6) is 11.5 Å². The number of hydrogen-bond donors (Lipinski definition) is 2. The summed E-state index contributed by atoms with van der Waals surface area (Å²) in [5, 5.41) is 24.1. The van der Waals surface area contributed by atoms with E-state index in [9.17, 15) is 20.0 Å². The molecular weight excluding hydrogens is 314 g/mol. The van der Waals surface area contributed by atoms with Crippen LogP contribution in [-0.4, -0.2) is 28.8 Å². The van der Waals surface area contributed by atoms with Gasteiger partial charge >= 0.3 is 0 Å². The Morgan fingerprint density at radius 2 is 2.17 bits per heavy atom. The smallest absolute Gasteiger partial charge is 0.271 e. The second kappa shape index (κ2) is 7.73. The zero-order valence-corrected chi connectivity index (χ0v) is 12.8. The molecule has 0 radical (unpaired) electrons. The first-order chi connectivity index (χ1) is 11.5. The van der Waals surface area contributed by atoms with Crippen molar-refractivity contribution in [1.82, 2.24) is 5.43 Å². The van der Waals surface area contributed by atoms with Gasteiger partial charge in [0.05, 0.1) is 17.7 Å². The van der Waals surface area contributed by atoms with Crippen molar-refractivity contribution in [2.75, 3.05) is 6.61 Å². The molecule has 0 saturated heterocycles. The maximum absolute atomic E-state index is 11.9. The Bertz CT molecular complexity index is 789. The van der Waals surface area contributed by atoms with Crippen LogP contribution in [-0.2, 0) is 0 Å². The van der Waals surface area contributed by atoms with Gasteiger partial charge < -0.3 is 9.84 Å². The number of nitrogens with one attached hydrogen (secondary N) is 1. The molecule has 2 aromatic rings. The summed E-state index contributed by atoms with van der Waals surface area (Å²) >= 11 is 0. The Balaban J connectivity index is 2.06. The van der Waals surface area contributed by atoms with Crippen LogP contribution in [0.1, 0.15) is 22.8 Å². The van der Waals surface area contributed by atoms with E-state index in [2.05, 4.69) is 10.5 Å². The summed E-state index contributed by atoms with van der Waals surface area (Å²) in [7, 11) is 0. The summed E-state index contributed by atoms with van der Waals surface area (Å²) in [4.78, 5) is 22.0. The maximum atomic E-state index is 11.9. The molecule has 2 N–H and O–H groups in total. The molecule has 124 valence electrons. The molecule has 1 amide bonds. The number of carbonyl (C=O) groups excluding carboxylic acids is 1. The minimum Gasteiger partial charge on any atom is -0.504 e. The fourth-order valence-electron chi connectivity index (χ4n) is 1.87. The standard InChI is InChI=1S/C16H15N3O5/c1-2-24-15-8-11(6-7-14(15)20)10-17-18-16(21)12-4-3-5-13(9-12)19(22)23/h3-10,20H,2H2,1H3,(H,18,21)/b17-10-. The lowest BCUT2D eigenvalue weighted by Gasteiger charge is -2.06. The highest BCUT2D eigenvalue weighted by molar-refractivity contribution is 5.95. The molecule has 0 aliphatic heterocycles. The summed E-state index contributed by atoms with van der Waals surface area (Å²) < 4.78 is 5.25. The number of aromatic hydroxyl groups is 1. The predicted molar refractivity (Wildman–Crippen MR) is 87.4 cm³/mol. The maximum Gasteiger partial charge on any atom is 0.271 e. The quantitative estimate of drug-likeness (QED) is 0.480. The van der Waals surface area contributed by atoms with Crippen LogP contribution in [0.4, 0.5) is 5.69 Å². The van der Waals surface area contributed by atoms with Crippen molar-refractivity contribution in [3.8, 4) is 11.5 Å². The predicted octanol–water partition coefficient (Wildman–Crippen LogP) is 2.46. The topological polar surface area (TPSA) is 114 Å². The average Bonchev–Trinajstić information content (AvgIpc) is 2.58. The normalized spacial score (nSPS) is 10.5. The Morgan fingerprint density at radius 3 is 2.88 bits per heavy atom. The Hall–Kier alpha value is -3.42. The number of phenolic OH excluding ortho intramolecular Hbond substituents is 1. The number of nitro benzene ring substituents is 1. The SMILES string of the molecule is CCOc1cc(/C=N\NC(=O)c2cccc([N+](=O)[O-])c2)ccc1O. The van der Waals surface area contributed by atoms with E-state index < -0.39 is 10.8 Å². The molecule has 0 aliphatic rings. The van der Waals surface area contributed by atoms with Gasteiger partial charge in [0.15, 0.2) is 11.5 Å². The number of non-ortho nitro benzene ring substituents is 1. The van der Waals surface area contributed by atoms with Gasteiger partial charge in [-0.1, -0.05) is 6.07 Å². The van der Waals surface area contributed by atoms with Crippen molar-refractivity contribution in [2.24, 2.45) is 5.10 Å². The van der Waals surface area contributed by atoms with E-state index in [0.717, 1.165) is 0 Å². The number of phenols is 1. The van der Waals surface area contributed by atoms with Crippen LogP contribution in [0, 0.1) is 10.1 Å². The first-order valence-corrected chi connectivity index (χ1v) is 7.05. The number of nitro groups is 1. The van der Waals surface area contributed by atoms with Gasteiger partial charge in [0.25, 0.3) is 11.6 Å². The van der Waals surface area contributed by atoms with Gasteiger partial charge in [0.1, 0.15) is 0 Å². The van der Waals surface area contributed by atoms with Crippen molar-refractivity contribution < 1.29 is 19.6 Å². The summed E-state index contributed by atoms with van der Waals surface area (Å²) in [6.07, 6.45) is 1.37. The van der Waals surface area contributed by atoms with Crippen LogP contribution in [0.15, 0.2) is 47.6 Å². The highest BCUT2D eigenvalue weighted by Crippen LogP contribution is 2.26. The average molecular weight is 329 g/mol. The lowest BCUT2D eigenvalue weighted by Crippen LogP contribution is -2.17. The molecule has 0 fully saturated rings. The molecule has 2 rings (SSSR count). The minimum absolute atomic E-state index is 0.00892. The summed E-state index contributed by atoms with van der Waals surface area (Å²) in [6.45, 7) is 2.19. The molecule has 0 saturated carbocycles. The molecule has 0 unspecified atom stereocenters. The minimum atomic E-state index is -0.578. The number of carbonyl (C=O) groups is 1. The Labute approximate surface area is 137 Å². The molecule has 0 heterocycles. The van der Waals surface area contributed by atoms with Gasteiger partial charge in [-0.15, -0.1) is 0 Å². The molecule has 8 heteroatoms. The summed E-state index contributed by atoms with van der Waals surface area (Å²) in [5.41, 5.74) is 2.84. The third-order valence-corrected chi connectivity index (χ3v) is 2.98. The fraction of sp³-hybridized carbons (Fsp3) is 0.125. The molecule has 0 bridgehead atoms. The first kappa shape index (κ1) is 16.9. The van der Waals surface area contributed by atoms with Gasteiger partial charge in [-0.3, -0.25) is 14.9 Å². The van der Waals surface area contributed by atoms with Crippen LogP contribution < -0.4 is 10.2 Å². The van der Waals surface area contributed by atoms with E-state index >= 15 is 0 Å². The Kier molecular flexibility index (Phi) is 5.45. The van der Waals surface area contributed by atoms with Crippen LogP contribution in [0.3, 0.4) is 0 Å². The van der Waals surface area contributed by atoms with Crippen LogP contribution in [0.2, 0.25) is 0 Å². The van der Waals surface area contributed by atoms with E-state index in [1.54, 1.807) is 19.1 Å². The number of hydrazone groups is 1. The molecule has 24 heavy (non-hydrogen) atoms. The fourth-order valence-corrected chi connectivity index (χ4v) is 1.87. The Morgan fingerprint density at radius 1 is 1.38 bits per heavy atom. The van der Waals surface area contributed by atoms with Crippen molar-refractivity contribution in [3.05, 3.63) is 63.7 Å². The van der Waals surface area contributed by atoms with E-state index in [1.165, 1.54) is 36.5 Å². The third kappa shape index (κ3) is 4.29. The van der Waals surface area contributed by atoms with Gasteiger partial charge in [0, 0.05) is 17.7 Å². The summed E-state index contributed by atoms with van der Waals surface area (Å²) in [6, 6.07) is 9.96. The lowest BCUT2D eigenvalue weighted by molar-refractivity contribution is -0.384. The molecule has 0 aliphatic carbocycles. The number of nitrogens with zero attached hydrogens (tertiary/aromatic N) is 2. The molecule has 8 nitrogen and oxygen atoms in total. The van der Waals surface area contributed by atoms with Crippen molar-refractivity contribution in [2.45, 2.75) is 6.92 Å². The number of benzene rings is 2. The number of amides is 1. The second-order valence-corrected chi connectivity index (χ2v) is 4.67. The molecule has 2 aromatic carbocycles. The van der Waals surface area contributed by atoms with E-state index in [4.69, 9.17) is 4.74 Å². The molecule has 0 spiro atoms. The zero-order valence-electron chi connectivity index (χ0n) is 12.8. The zero-order chi connectivity index (χ0) is 17.5. The van der Waals surface area contributed by atoms with Gasteiger partial charge in [0.2, 0.25) is 0 Å². The van der Waals surface area contributed by atoms with Crippen molar-refractivity contribution >= 4 is 17.8 Å². The molecular formula is C16H15N3O5. The molecule has 0 atom stereocenters. The van der Waals surface area contributed by atoms with Crippen LogP contribution >= 0.6 is 0 Å². The largest absolute Gasteiger partial charge is 0.504 e. The van der Waals surface area contributed by atoms with Crippen molar-refractivity contribution in [1.29, 1.82) is 0 Å². The van der Waals surface area contributed by atoms with Gasteiger partial charge in [-0.05, 0) is 36.8 Å². The highest BCUT2D eigenvalue weighted by atomic mass is 16.6. The number of rotatable bonds is 6. The monoisotopic (exact) mass is 329 g/mol. The first-order valence-electron chi connectivity index (χ1n) is 7.05. The summed E-state index contributed by atoms with van der Waals surface area (Å²) in [5.74, 6) is -0.250. The van der Waals surface area contributed by atoms with Crippen molar-refractivity contribution in [3.63, 3.8) is 0 Å². The second-order valence-electron chi connectivity index (χ2n) is 4.67. The number of hydrogen-bond acceptors (Lipinski definition) is 6. The van der Waals surface area contributed by atoms with Crippen LogP contribution in [0.25, 0.3) is 0 Å². The third-order valence-electron chi connectivity index (χ3n) is 2.98. The number of ether oxygens (including phenoxy) is 1. The van der Waals surface area contributed by atoms with E-state index in [0.29, 0.717) is 17.9 Å². The van der Waals surface area contributed by atoms with Gasteiger partial charge in [-0.2, -0.15) is 5.10 Å². The lowest BCUT2D eigenvalue weighted by atomic mass is 10.2. The highest BCUT2D eigenvalue weighted by Gasteiger charge is 2.10. The van der Waals surface area contributed by atoms with Gasteiger partial charge in [-0.25, -0.2) is 5.43 Å². The van der Waals surface area contributed by atoms with E-state index in [1.807, 2.05) is 0 Å².